The highest BCUT2D eigenvalue weighted by Gasteiger charge is 2.57. The average Bonchev–Trinajstić information content (AvgIpc) is 3.18. The largest absolute Gasteiger partial charge is 0.350 e. The molecule has 1 atom stereocenters. The zero-order chi connectivity index (χ0) is 17.9. The van der Waals surface area contributed by atoms with Crippen molar-refractivity contribution in [2.75, 3.05) is 15.5 Å². The third kappa shape index (κ3) is 1.74. The summed E-state index contributed by atoms with van der Waals surface area (Å²) in [6.07, 6.45) is 0. The van der Waals surface area contributed by atoms with Crippen LogP contribution in [0.25, 0.3) is 0 Å². The first-order valence-corrected chi connectivity index (χ1v) is 8.26. The highest BCUT2D eigenvalue weighted by molar-refractivity contribution is 6.21. The van der Waals surface area contributed by atoms with Gasteiger partial charge in [0.1, 0.15) is 0 Å². The molecule has 0 bridgehead atoms. The number of hydrogen-bond acceptors (Lipinski definition) is 4. The minimum atomic E-state index is -1.39. The molecule has 1 aromatic heterocycles. The van der Waals surface area contributed by atoms with Crippen molar-refractivity contribution in [2.24, 2.45) is 0 Å². The molecule has 3 heterocycles. The minimum absolute atomic E-state index is 0.280. The predicted molar refractivity (Wildman–Crippen MR) is 96.9 cm³/mol. The Morgan fingerprint density at radius 1 is 1.00 bits per heavy atom. The number of carbonyl (C=O) groups excluding carboxylic acids is 2. The number of amides is 2. The number of para-hydroxylation sites is 2. The Balaban J connectivity index is 1.82. The number of aryl methyl sites for hydroxylation is 1. The van der Waals surface area contributed by atoms with E-state index in [0.29, 0.717) is 28.3 Å². The molecule has 1 spiro atoms. The Morgan fingerprint density at radius 2 is 1.73 bits per heavy atom. The number of anilines is 3. The first-order valence-electron chi connectivity index (χ1n) is 8.26. The zero-order valence-corrected chi connectivity index (χ0v) is 13.9. The molecule has 2 amide bonds. The van der Waals surface area contributed by atoms with E-state index in [2.05, 4.69) is 20.8 Å². The lowest BCUT2D eigenvalue weighted by Gasteiger charge is -2.43. The molecule has 3 N–H and O–H groups in total. The van der Waals surface area contributed by atoms with Crippen LogP contribution in [0.1, 0.15) is 21.6 Å². The molecule has 128 valence electrons. The monoisotopic (exact) mass is 345 g/mol. The smallest absolute Gasteiger partial charge is 0.276 e. The molecular formula is C19H15N5O2. The normalized spacial score (nSPS) is 20.6. The number of benzene rings is 2. The van der Waals surface area contributed by atoms with Gasteiger partial charge in [0.05, 0.1) is 5.56 Å². The summed E-state index contributed by atoms with van der Waals surface area (Å²) in [5.74, 6) is -0.207. The Morgan fingerprint density at radius 3 is 2.50 bits per heavy atom. The van der Waals surface area contributed by atoms with Crippen molar-refractivity contribution in [2.45, 2.75) is 12.6 Å². The Hall–Kier alpha value is -3.61. The van der Waals surface area contributed by atoms with E-state index in [4.69, 9.17) is 0 Å². The lowest BCUT2D eigenvalue weighted by Crippen LogP contribution is -2.62. The van der Waals surface area contributed by atoms with Gasteiger partial charge in [-0.3, -0.25) is 19.6 Å². The maximum atomic E-state index is 13.4. The summed E-state index contributed by atoms with van der Waals surface area (Å²) in [5.41, 5.74) is 1.89. The first kappa shape index (κ1) is 14.7. The van der Waals surface area contributed by atoms with Crippen LogP contribution < -0.4 is 15.5 Å². The van der Waals surface area contributed by atoms with Crippen molar-refractivity contribution in [3.05, 3.63) is 71.4 Å². The third-order valence-electron chi connectivity index (χ3n) is 4.83. The second-order valence-corrected chi connectivity index (χ2v) is 6.43. The molecule has 0 saturated heterocycles. The topological polar surface area (TPSA) is 90.1 Å². The van der Waals surface area contributed by atoms with Gasteiger partial charge < -0.3 is 10.6 Å². The molecule has 0 fully saturated rings. The third-order valence-corrected chi connectivity index (χ3v) is 4.83. The standard InChI is InChI=1S/C19H15N5O2/c1-11-10-16(23-22-11)24-17(25)12-6-2-4-8-14(12)21-19(24)13-7-3-5-9-15(13)20-18(19)26/h2-10,21H,1H3,(H,20,26)(H,22,23). The molecule has 2 aliphatic rings. The summed E-state index contributed by atoms with van der Waals surface area (Å²) in [7, 11) is 0. The van der Waals surface area contributed by atoms with Gasteiger partial charge in [-0.1, -0.05) is 30.3 Å². The predicted octanol–water partition coefficient (Wildman–Crippen LogP) is 2.60. The molecular weight excluding hydrogens is 330 g/mol. The van der Waals surface area contributed by atoms with E-state index in [1.807, 2.05) is 37.3 Å². The SMILES string of the molecule is Cc1cc(N2C(=O)c3ccccc3NC23C(=O)Nc2ccccc23)n[nH]1. The quantitative estimate of drug-likeness (QED) is 0.632. The number of rotatable bonds is 1. The lowest BCUT2D eigenvalue weighted by atomic mass is 9.93. The maximum Gasteiger partial charge on any atom is 0.276 e. The van der Waals surface area contributed by atoms with Crippen molar-refractivity contribution in [1.82, 2.24) is 10.2 Å². The summed E-state index contributed by atoms with van der Waals surface area (Å²) < 4.78 is 0. The molecule has 0 radical (unpaired) electrons. The van der Waals surface area contributed by atoms with Crippen LogP contribution in [0.3, 0.4) is 0 Å². The Bertz CT molecular complexity index is 1070. The number of carbonyl (C=O) groups is 2. The number of fused-ring (bicyclic) bond motifs is 3. The van der Waals surface area contributed by atoms with Gasteiger partial charge in [0, 0.05) is 28.7 Å². The second-order valence-electron chi connectivity index (χ2n) is 6.43. The number of aromatic amines is 1. The molecule has 26 heavy (non-hydrogen) atoms. The highest BCUT2D eigenvalue weighted by atomic mass is 16.2. The van der Waals surface area contributed by atoms with Gasteiger partial charge in [0.15, 0.2) is 5.82 Å². The Labute approximate surface area is 149 Å². The van der Waals surface area contributed by atoms with Crippen molar-refractivity contribution >= 4 is 29.0 Å². The summed E-state index contributed by atoms with van der Waals surface area (Å²) in [4.78, 5) is 28.0. The van der Waals surface area contributed by atoms with Crippen LogP contribution in [-0.4, -0.2) is 22.0 Å². The van der Waals surface area contributed by atoms with Crippen LogP contribution in [0.4, 0.5) is 17.2 Å². The lowest BCUT2D eigenvalue weighted by molar-refractivity contribution is -0.119. The number of nitrogens with zero attached hydrogens (tertiary/aromatic N) is 2. The van der Waals surface area contributed by atoms with Crippen LogP contribution in [-0.2, 0) is 10.5 Å². The van der Waals surface area contributed by atoms with Crippen LogP contribution in [0, 0.1) is 6.92 Å². The number of nitrogens with one attached hydrogen (secondary N) is 3. The number of H-pyrrole nitrogens is 1. The molecule has 7 heteroatoms. The Kier molecular flexibility index (Phi) is 2.80. The minimum Gasteiger partial charge on any atom is -0.350 e. The van der Waals surface area contributed by atoms with E-state index in [-0.39, 0.29) is 11.8 Å². The van der Waals surface area contributed by atoms with Gasteiger partial charge >= 0.3 is 0 Å². The zero-order valence-electron chi connectivity index (χ0n) is 13.9. The molecule has 5 rings (SSSR count). The van der Waals surface area contributed by atoms with E-state index < -0.39 is 5.66 Å². The fourth-order valence-corrected chi connectivity index (χ4v) is 3.69. The number of hydrogen-bond donors (Lipinski definition) is 3. The maximum absolute atomic E-state index is 13.4. The molecule has 0 aliphatic carbocycles. The van der Waals surface area contributed by atoms with Crippen molar-refractivity contribution in [1.29, 1.82) is 0 Å². The van der Waals surface area contributed by atoms with Crippen molar-refractivity contribution < 1.29 is 9.59 Å². The first-order chi connectivity index (χ1) is 12.6. The molecule has 7 nitrogen and oxygen atoms in total. The van der Waals surface area contributed by atoms with Gasteiger partial charge in [-0.05, 0) is 25.1 Å². The summed E-state index contributed by atoms with van der Waals surface area (Å²) in [5, 5.41) is 13.3. The van der Waals surface area contributed by atoms with Gasteiger partial charge in [0.2, 0.25) is 5.66 Å². The highest BCUT2D eigenvalue weighted by Crippen LogP contribution is 2.46. The summed E-state index contributed by atoms with van der Waals surface area (Å²) in [6, 6.07) is 16.3. The fraction of sp³-hybridized carbons (Fsp3) is 0.105. The molecule has 3 aromatic rings. The summed E-state index contributed by atoms with van der Waals surface area (Å²) >= 11 is 0. The van der Waals surface area contributed by atoms with E-state index in [9.17, 15) is 9.59 Å². The fourth-order valence-electron chi connectivity index (χ4n) is 3.69. The van der Waals surface area contributed by atoms with Gasteiger partial charge in [-0.25, -0.2) is 0 Å². The van der Waals surface area contributed by atoms with Crippen LogP contribution in [0.15, 0.2) is 54.6 Å². The van der Waals surface area contributed by atoms with Crippen molar-refractivity contribution in [3.63, 3.8) is 0 Å². The van der Waals surface area contributed by atoms with E-state index >= 15 is 0 Å². The van der Waals surface area contributed by atoms with Crippen molar-refractivity contribution in [3.8, 4) is 0 Å². The van der Waals surface area contributed by atoms with Gasteiger partial charge in [-0.2, -0.15) is 5.10 Å². The van der Waals surface area contributed by atoms with Crippen LogP contribution in [0.5, 0.6) is 0 Å². The second kappa shape index (κ2) is 4.95. The van der Waals surface area contributed by atoms with Gasteiger partial charge in [-0.15, -0.1) is 0 Å². The molecule has 1 unspecified atom stereocenters. The molecule has 2 aliphatic heterocycles. The van der Waals surface area contributed by atoms with E-state index in [0.717, 1.165) is 5.69 Å². The molecule has 0 saturated carbocycles. The molecule has 2 aromatic carbocycles. The summed E-state index contributed by atoms with van der Waals surface area (Å²) in [6.45, 7) is 1.85. The average molecular weight is 345 g/mol. The number of aromatic nitrogens is 2. The van der Waals surface area contributed by atoms with E-state index in [1.165, 1.54) is 4.90 Å². The van der Waals surface area contributed by atoms with Crippen LogP contribution in [0.2, 0.25) is 0 Å². The van der Waals surface area contributed by atoms with Gasteiger partial charge in [0.25, 0.3) is 11.8 Å². The van der Waals surface area contributed by atoms with Crippen LogP contribution >= 0.6 is 0 Å². The van der Waals surface area contributed by atoms with E-state index in [1.54, 1.807) is 24.3 Å².